The molecule has 0 aliphatic rings. The Morgan fingerprint density at radius 2 is 2.20 bits per heavy atom. The Morgan fingerprint density at radius 3 is 3.00 bits per heavy atom. The van der Waals surface area contributed by atoms with E-state index in [0.717, 1.165) is 26.8 Å². The van der Waals surface area contributed by atoms with Gasteiger partial charge in [0, 0.05) is 11.9 Å². The van der Waals surface area contributed by atoms with Crippen molar-refractivity contribution in [1.29, 1.82) is 0 Å². The van der Waals surface area contributed by atoms with Gasteiger partial charge in [0.15, 0.2) is 0 Å². The minimum Gasteiger partial charge on any atom is -0.508 e. The molecule has 0 radical (unpaired) electrons. The summed E-state index contributed by atoms with van der Waals surface area (Å²) in [6.45, 7) is 0. The highest BCUT2D eigenvalue weighted by Gasteiger charge is 2.08. The first-order chi connectivity index (χ1) is 9.76. The van der Waals surface area contributed by atoms with Gasteiger partial charge in [0.2, 0.25) is 0 Å². The standard InChI is InChI=1S/C14H13N3OS2/c1-15-13-11-5-6-19-14(11)17-12(16-13)8-20-10-4-2-3-9(18)7-10/h2-7,18H,8H2,1H3,(H,15,16,17). The fourth-order valence-corrected chi connectivity index (χ4v) is 3.46. The van der Waals surface area contributed by atoms with Crippen LogP contribution in [0, 0.1) is 0 Å². The molecular formula is C14H13N3OS2. The van der Waals surface area contributed by atoms with Crippen LogP contribution in [0.15, 0.2) is 40.6 Å². The fraction of sp³-hybridized carbons (Fsp3) is 0.143. The highest BCUT2D eigenvalue weighted by atomic mass is 32.2. The number of hydrogen-bond acceptors (Lipinski definition) is 6. The lowest BCUT2D eigenvalue weighted by atomic mass is 10.3. The Bertz CT molecular complexity index is 742. The Balaban J connectivity index is 1.83. The van der Waals surface area contributed by atoms with Gasteiger partial charge in [0.1, 0.15) is 22.2 Å². The Kier molecular flexibility index (Phi) is 3.75. The van der Waals surface area contributed by atoms with E-state index in [-0.39, 0.29) is 5.75 Å². The van der Waals surface area contributed by atoms with Crippen LogP contribution >= 0.6 is 23.1 Å². The van der Waals surface area contributed by atoms with Crippen molar-refractivity contribution in [3.63, 3.8) is 0 Å². The number of nitrogens with zero attached hydrogens (tertiary/aromatic N) is 2. The molecule has 20 heavy (non-hydrogen) atoms. The molecule has 2 aromatic heterocycles. The summed E-state index contributed by atoms with van der Waals surface area (Å²) in [5, 5.41) is 15.6. The van der Waals surface area contributed by atoms with Gasteiger partial charge in [-0.25, -0.2) is 9.97 Å². The SMILES string of the molecule is CNc1nc(CSc2cccc(O)c2)nc2sccc12. The van der Waals surface area contributed by atoms with Gasteiger partial charge < -0.3 is 10.4 Å². The molecule has 1 aromatic carbocycles. The van der Waals surface area contributed by atoms with Gasteiger partial charge in [-0.3, -0.25) is 0 Å². The summed E-state index contributed by atoms with van der Waals surface area (Å²) in [5.41, 5.74) is 0. The van der Waals surface area contributed by atoms with Crippen LogP contribution in [0.4, 0.5) is 5.82 Å². The molecule has 3 rings (SSSR count). The van der Waals surface area contributed by atoms with Crippen molar-refractivity contribution in [3.05, 3.63) is 41.5 Å². The molecule has 3 aromatic rings. The number of anilines is 1. The van der Waals surface area contributed by atoms with Crippen LogP contribution in [0.5, 0.6) is 5.75 Å². The lowest BCUT2D eigenvalue weighted by molar-refractivity contribution is 0.474. The van der Waals surface area contributed by atoms with Crippen LogP contribution in [0.3, 0.4) is 0 Å². The number of rotatable bonds is 4. The molecule has 0 atom stereocenters. The van der Waals surface area contributed by atoms with Gasteiger partial charge in [-0.2, -0.15) is 0 Å². The Hall–Kier alpha value is -1.79. The van der Waals surface area contributed by atoms with E-state index in [0.29, 0.717) is 5.75 Å². The summed E-state index contributed by atoms with van der Waals surface area (Å²) in [6, 6.07) is 9.23. The van der Waals surface area contributed by atoms with Gasteiger partial charge in [-0.1, -0.05) is 6.07 Å². The molecule has 0 aliphatic heterocycles. The van der Waals surface area contributed by atoms with Crippen LogP contribution in [-0.2, 0) is 5.75 Å². The number of fused-ring (bicyclic) bond motifs is 1. The number of benzene rings is 1. The number of hydrogen-bond donors (Lipinski definition) is 2. The zero-order chi connectivity index (χ0) is 13.9. The topological polar surface area (TPSA) is 58.0 Å². The van der Waals surface area contributed by atoms with E-state index >= 15 is 0 Å². The smallest absolute Gasteiger partial charge is 0.142 e. The highest BCUT2D eigenvalue weighted by molar-refractivity contribution is 7.98. The number of aromatic hydroxyl groups is 1. The van der Waals surface area contributed by atoms with E-state index in [4.69, 9.17) is 0 Å². The second kappa shape index (κ2) is 5.68. The predicted octanol–water partition coefficient (Wildman–Crippen LogP) is 3.73. The van der Waals surface area contributed by atoms with Crippen molar-refractivity contribution in [2.75, 3.05) is 12.4 Å². The molecule has 0 unspecified atom stereocenters. The van der Waals surface area contributed by atoms with E-state index < -0.39 is 0 Å². The van der Waals surface area contributed by atoms with Crippen LogP contribution in [-0.4, -0.2) is 22.1 Å². The average Bonchev–Trinajstić information content (AvgIpc) is 2.92. The second-order valence-electron chi connectivity index (χ2n) is 4.16. The molecular weight excluding hydrogens is 290 g/mol. The summed E-state index contributed by atoms with van der Waals surface area (Å²) in [4.78, 5) is 11.1. The van der Waals surface area contributed by atoms with Crippen LogP contribution in [0.2, 0.25) is 0 Å². The van der Waals surface area contributed by atoms with Crippen molar-refractivity contribution < 1.29 is 5.11 Å². The monoisotopic (exact) mass is 303 g/mol. The number of nitrogens with one attached hydrogen (secondary N) is 1. The molecule has 0 saturated carbocycles. The number of thioether (sulfide) groups is 1. The lowest BCUT2D eigenvalue weighted by Gasteiger charge is -2.05. The third-order valence-electron chi connectivity index (χ3n) is 2.79. The molecule has 0 spiro atoms. The van der Waals surface area contributed by atoms with Crippen LogP contribution in [0.25, 0.3) is 10.2 Å². The summed E-state index contributed by atoms with van der Waals surface area (Å²) in [7, 11) is 1.87. The number of aromatic nitrogens is 2. The molecule has 6 heteroatoms. The molecule has 2 heterocycles. The first-order valence-electron chi connectivity index (χ1n) is 6.10. The van der Waals surface area contributed by atoms with Crippen molar-refractivity contribution in [1.82, 2.24) is 9.97 Å². The summed E-state index contributed by atoms with van der Waals surface area (Å²) in [5.74, 6) is 2.60. The maximum atomic E-state index is 9.45. The first-order valence-corrected chi connectivity index (χ1v) is 7.96. The molecule has 2 N–H and O–H groups in total. The summed E-state index contributed by atoms with van der Waals surface area (Å²) >= 11 is 3.22. The van der Waals surface area contributed by atoms with E-state index in [1.54, 1.807) is 35.2 Å². The second-order valence-corrected chi connectivity index (χ2v) is 6.11. The van der Waals surface area contributed by atoms with E-state index in [9.17, 15) is 5.11 Å². The Labute approximate surface area is 124 Å². The van der Waals surface area contributed by atoms with Crippen LogP contribution < -0.4 is 5.32 Å². The predicted molar refractivity (Wildman–Crippen MR) is 84.6 cm³/mol. The first kappa shape index (κ1) is 13.2. The van der Waals surface area contributed by atoms with Crippen molar-refractivity contribution in [2.24, 2.45) is 0 Å². The number of phenols is 1. The fourth-order valence-electron chi connectivity index (χ4n) is 1.88. The largest absolute Gasteiger partial charge is 0.508 e. The van der Waals surface area contributed by atoms with Gasteiger partial charge in [-0.05, 0) is 29.6 Å². The Morgan fingerprint density at radius 1 is 1.30 bits per heavy atom. The molecule has 102 valence electrons. The molecule has 4 nitrogen and oxygen atoms in total. The quantitative estimate of drug-likeness (QED) is 0.719. The summed E-state index contributed by atoms with van der Waals surface area (Å²) in [6.07, 6.45) is 0. The van der Waals surface area contributed by atoms with Crippen molar-refractivity contribution >= 4 is 39.1 Å². The van der Waals surface area contributed by atoms with E-state index in [1.165, 1.54) is 0 Å². The lowest BCUT2D eigenvalue weighted by Crippen LogP contribution is -1.99. The number of phenolic OH excluding ortho intramolecular Hbond substituents is 1. The minimum absolute atomic E-state index is 0.278. The summed E-state index contributed by atoms with van der Waals surface area (Å²) < 4.78 is 0. The highest BCUT2D eigenvalue weighted by Crippen LogP contribution is 2.28. The van der Waals surface area contributed by atoms with Crippen molar-refractivity contribution in [3.8, 4) is 5.75 Å². The van der Waals surface area contributed by atoms with Crippen LogP contribution in [0.1, 0.15) is 5.82 Å². The molecule has 0 aliphatic carbocycles. The minimum atomic E-state index is 0.278. The van der Waals surface area contributed by atoms with Crippen molar-refractivity contribution in [2.45, 2.75) is 10.6 Å². The normalized spacial score (nSPS) is 10.8. The average molecular weight is 303 g/mol. The molecule has 0 amide bonds. The maximum Gasteiger partial charge on any atom is 0.142 e. The third-order valence-corrected chi connectivity index (χ3v) is 4.59. The van der Waals surface area contributed by atoms with Gasteiger partial charge in [-0.15, -0.1) is 23.1 Å². The van der Waals surface area contributed by atoms with E-state index in [1.807, 2.05) is 30.6 Å². The maximum absolute atomic E-state index is 9.45. The molecule has 0 bridgehead atoms. The zero-order valence-electron chi connectivity index (χ0n) is 10.8. The zero-order valence-corrected chi connectivity index (χ0v) is 12.5. The molecule has 0 fully saturated rings. The molecule has 0 saturated heterocycles. The number of thiophene rings is 1. The van der Waals surface area contributed by atoms with Gasteiger partial charge in [0.25, 0.3) is 0 Å². The van der Waals surface area contributed by atoms with Gasteiger partial charge in [0.05, 0.1) is 11.1 Å². The van der Waals surface area contributed by atoms with Gasteiger partial charge >= 0.3 is 0 Å². The third kappa shape index (κ3) is 2.71. The van der Waals surface area contributed by atoms with E-state index in [2.05, 4.69) is 15.3 Å².